The monoisotopic (exact) mass is 465 g/mol. The number of nitrogens with zero attached hydrogens (tertiary/aromatic N) is 2. The molecule has 0 fully saturated rings. The van der Waals surface area contributed by atoms with Gasteiger partial charge in [0.25, 0.3) is 5.91 Å². The fourth-order valence-electron chi connectivity index (χ4n) is 4.22. The Morgan fingerprint density at radius 1 is 0.971 bits per heavy atom. The molecule has 1 amide bonds. The topological polar surface area (TPSA) is 73.3 Å². The van der Waals surface area contributed by atoms with Crippen LogP contribution in [0.1, 0.15) is 28.0 Å². The summed E-state index contributed by atoms with van der Waals surface area (Å²) >= 11 is 0. The van der Waals surface area contributed by atoms with Crippen molar-refractivity contribution >= 4 is 16.8 Å². The van der Waals surface area contributed by atoms with Crippen LogP contribution in [0.4, 0.5) is 13.2 Å². The molecule has 1 aliphatic heterocycles. The molecule has 0 bridgehead atoms. The molecular weight excluding hydrogens is 447 g/mol. The van der Waals surface area contributed by atoms with Crippen molar-refractivity contribution in [2.45, 2.75) is 18.3 Å². The SMILES string of the molecule is O=C(N[C@]1(c2ccc(OC(F)(F)F)cc2)CCOc2cccnc21)c1cccc2cccnc12. The summed E-state index contributed by atoms with van der Waals surface area (Å²) in [5.41, 5.74) is 0.789. The molecule has 0 radical (unpaired) electrons. The molecule has 0 spiro atoms. The third-order valence-electron chi connectivity index (χ3n) is 5.69. The predicted octanol–water partition coefficient (Wildman–Crippen LogP) is 4.98. The van der Waals surface area contributed by atoms with Gasteiger partial charge in [-0.2, -0.15) is 0 Å². The first kappa shape index (κ1) is 21.7. The molecule has 1 atom stereocenters. The molecule has 172 valence electrons. The summed E-state index contributed by atoms with van der Waals surface area (Å²) in [7, 11) is 0. The van der Waals surface area contributed by atoms with Crippen molar-refractivity contribution in [2.24, 2.45) is 0 Å². The van der Waals surface area contributed by atoms with E-state index in [4.69, 9.17) is 4.74 Å². The Morgan fingerprint density at radius 3 is 2.50 bits per heavy atom. The van der Waals surface area contributed by atoms with E-state index >= 15 is 0 Å². The standard InChI is InChI=1S/C25H18F3N3O3/c26-25(27,28)34-18-10-8-17(9-11-18)24(12-15-33-20-7-3-14-30-22(20)24)31-23(32)19-6-1-4-16-5-2-13-29-21(16)19/h1-11,13-14H,12,15H2,(H,31,32)/t24-/m0/s1. The first-order valence-electron chi connectivity index (χ1n) is 10.5. The number of carbonyl (C=O) groups is 1. The molecule has 5 rings (SSSR count). The van der Waals surface area contributed by atoms with E-state index in [-0.39, 0.29) is 12.4 Å². The molecule has 0 saturated carbocycles. The van der Waals surface area contributed by atoms with Gasteiger partial charge in [0.15, 0.2) is 0 Å². The molecule has 1 N–H and O–H groups in total. The maximum atomic E-state index is 13.6. The highest BCUT2D eigenvalue weighted by Gasteiger charge is 2.43. The summed E-state index contributed by atoms with van der Waals surface area (Å²) in [6.07, 6.45) is -1.30. The molecule has 6 nitrogen and oxygen atoms in total. The van der Waals surface area contributed by atoms with Crippen molar-refractivity contribution in [3.05, 3.63) is 95.9 Å². The van der Waals surface area contributed by atoms with E-state index in [1.165, 1.54) is 24.3 Å². The van der Waals surface area contributed by atoms with Crippen LogP contribution in [0.5, 0.6) is 11.5 Å². The molecule has 34 heavy (non-hydrogen) atoms. The Labute approximate surface area is 192 Å². The van der Waals surface area contributed by atoms with Gasteiger partial charge in [0, 0.05) is 24.2 Å². The molecule has 2 aromatic heterocycles. The summed E-state index contributed by atoms with van der Waals surface area (Å²) in [5.74, 6) is -0.261. The number of para-hydroxylation sites is 1. The summed E-state index contributed by atoms with van der Waals surface area (Å²) in [6, 6.07) is 17.8. The minimum atomic E-state index is -4.80. The van der Waals surface area contributed by atoms with Gasteiger partial charge in [0.1, 0.15) is 22.7 Å². The van der Waals surface area contributed by atoms with Crippen molar-refractivity contribution in [3.8, 4) is 11.5 Å². The van der Waals surface area contributed by atoms with Gasteiger partial charge in [0.05, 0.1) is 17.7 Å². The lowest BCUT2D eigenvalue weighted by Gasteiger charge is -2.39. The van der Waals surface area contributed by atoms with Crippen LogP contribution >= 0.6 is 0 Å². The van der Waals surface area contributed by atoms with Crippen LogP contribution in [0.25, 0.3) is 10.9 Å². The fraction of sp³-hybridized carbons (Fsp3) is 0.160. The number of rotatable bonds is 4. The van der Waals surface area contributed by atoms with E-state index in [0.717, 1.165) is 5.39 Å². The molecular formula is C25H18F3N3O3. The van der Waals surface area contributed by atoms with Crippen molar-refractivity contribution in [1.29, 1.82) is 0 Å². The third kappa shape index (κ3) is 4.00. The Bertz CT molecular complexity index is 1350. The van der Waals surface area contributed by atoms with Crippen LogP contribution < -0.4 is 14.8 Å². The lowest BCUT2D eigenvalue weighted by Crippen LogP contribution is -2.50. The molecule has 4 aromatic rings. The summed E-state index contributed by atoms with van der Waals surface area (Å²) in [5, 5.41) is 3.91. The highest BCUT2D eigenvalue weighted by atomic mass is 19.4. The number of benzene rings is 2. The zero-order valence-corrected chi connectivity index (χ0v) is 17.7. The van der Waals surface area contributed by atoms with Gasteiger partial charge in [-0.05, 0) is 42.0 Å². The van der Waals surface area contributed by atoms with Gasteiger partial charge in [0.2, 0.25) is 0 Å². The van der Waals surface area contributed by atoms with E-state index in [0.29, 0.717) is 34.5 Å². The van der Waals surface area contributed by atoms with Crippen molar-refractivity contribution in [2.75, 3.05) is 6.61 Å². The molecule has 9 heteroatoms. The van der Waals surface area contributed by atoms with Crippen molar-refractivity contribution < 1.29 is 27.4 Å². The number of hydrogen-bond donors (Lipinski definition) is 1. The highest BCUT2D eigenvalue weighted by Crippen LogP contribution is 2.41. The maximum Gasteiger partial charge on any atom is 0.573 e. The lowest BCUT2D eigenvalue weighted by atomic mass is 9.81. The smallest absolute Gasteiger partial charge is 0.491 e. The summed E-state index contributed by atoms with van der Waals surface area (Å²) < 4.78 is 47.7. The lowest BCUT2D eigenvalue weighted by molar-refractivity contribution is -0.274. The van der Waals surface area contributed by atoms with Gasteiger partial charge in [-0.1, -0.05) is 30.3 Å². The number of amides is 1. The normalized spacial score (nSPS) is 17.5. The van der Waals surface area contributed by atoms with Crippen LogP contribution in [-0.4, -0.2) is 28.8 Å². The number of halogens is 3. The van der Waals surface area contributed by atoms with Crippen LogP contribution in [-0.2, 0) is 5.54 Å². The molecule has 0 saturated heterocycles. The van der Waals surface area contributed by atoms with Gasteiger partial charge in [-0.3, -0.25) is 14.8 Å². The Morgan fingerprint density at radius 2 is 1.71 bits per heavy atom. The van der Waals surface area contributed by atoms with Gasteiger partial charge in [-0.15, -0.1) is 13.2 Å². The number of aromatic nitrogens is 2. The first-order chi connectivity index (χ1) is 16.4. The average Bonchev–Trinajstić information content (AvgIpc) is 2.83. The highest BCUT2D eigenvalue weighted by molar-refractivity contribution is 6.05. The second kappa shape index (κ2) is 8.33. The Hall–Kier alpha value is -4.14. The number of hydrogen-bond acceptors (Lipinski definition) is 5. The number of pyridine rings is 2. The Balaban J connectivity index is 1.60. The quantitative estimate of drug-likeness (QED) is 0.460. The van der Waals surface area contributed by atoms with E-state index in [1.807, 2.05) is 12.1 Å². The van der Waals surface area contributed by atoms with Crippen LogP contribution in [0.2, 0.25) is 0 Å². The number of carbonyl (C=O) groups excluding carboxylic acids is 1. The van der Waals surface area contributed by atoms with Crippen LogP contribution in [0.3, 0.4) is 0 Å². The first-order valence-corrected chi connectivity index (χ1v) is 10.5. The Kier molecular flexibility index (Phi) is 5.31. The van der Waals surface area contributed by atoms with Crippen LogP contribution in [0.15, 0.2) is 79.1 Å². The van der Waals surface area contributed by atoms with Gasteiger partial charge in [-0.25, -0.2) is 0 Å². The zero-order chi connectivity index (χ0) is 23.8. The number of alkyl halides is 3. The summed E-state index contributed by atoms with van der Waals surface area (Å²) in [6.45, 7) is 0.271. The van der Waals surface area contributed by atoms with E-state index < -0.39 is 17.8 Å². The van der Waals surface area contributed by atoms with Crippen molar-refractivity contribution in [3.63, 3.8) is 0 Å². The van der Waals surface area contributed by atoms with E-state index in [1.54, 1.807) is 42.7 Å². The van der Waals surface area contributed by atoms with E-state index in [9.17, 15) is 18.0 Å². The molecule has 0 aliphatic carbocycles. The average molecular weight is 465 g/mol. The fourth-order valence-corrected chi connectivity index (χ4v) is 4.22. The second-order valence-corrected chi connectivity index (χ2v) is 7.76. The van der Waals surface area contributed by atoms with Gasteiger partial charge >= 0.3 is 6.36 Å². The zero-order valence-electron chi connectivity index (χ0n) is 17.7. The molecule has 1 aliphatic rings. The van der Waals surface area contributed by atoms with Crippen LogP contribution in [0, 0.1) is 0 Å². The second-order valence-electron chi connectivity index (χ2n) is 7.76. The van der Waals surface area contributed by atoms with Crippen molar-refractivity contribution in [1.82, 2.24) is 15.3 Å². The minimum Gasteiger partial charge on any atom is -0.491 e. The minimum absolute atomic E-state index is 0.271. The number of fused-ring (bicyclic) bond motifs is 2. The number of nitrogens with one attached hydrogen (secondary N) is 1. The van der Waals surface area contributed by atoms with Gasteiger partial charge < -0.3 is 14.8 Å². The number of ether oxygens (including phenoxy) is 2. The maximum absolute atomic E-state index is 13.6. The predicted molar refractivity (Wildman–Crippen MR) is 117 cm³/mol. The molecule has 0 unspecified atom stereocenters. The largest absolute Gasteiger partial charge is 0.573 e. The third-order valence-corrected chi connectivity index (χ3v) is 5.69. The summed E-state index contributed by atoms with van der Waals surface area (Å²) in [4.78, 5) is 22.4. The molecule has 2 aromatic carbocycles. The van der Waals surface area contributed by atoms with E-state index in [2.05, 4.69) is 20.0 Å². The molecule has 3 heterocycles.